The normalized spacial score (nSPS) is 11.4. The molecule has 0 saturated carbocycles. The highest BCUT2D eigenvalue weighted by molar-refractivity contribution is 6.04. The molecule has 0 fully saturated rings. The smallest absolute Gasteiger partial charge is 0.329 e. The lowest BCUT2D eigenvalue weighted by Crippen LogP contribution is -2.33. The molecule has 132 valence electrons. The van der Waals surface area contributed by atoms with Gasteiger partial charge in [0.15, 0.2) is 0 Å². The minimum atomic E-state index is -0.592. The summed E-state index contributed by atoms with van der Waals surface area (Å²) in [7, 11) is 1.87. The lowest BCUT2D eigenvalue weighted by molar-refractivity contribution is -0.145. The van der Waals surface area contributed by atoms with Crippen LogP contribution < -0.4 is 11.2 Å². The van der Waals surface area contributed by atoms with Gasteiger partial charge >= 0.3 is 5.97 Å². The highest BCUT2D eigenvalue weighted by atomic mass is 16.7. The van der Waals surface area contributed by atoms with Crippen LogP contribution in [0.1, 0.15) is 17.3 Å². The fraction of sp³-hybridized carbons (Fsp3) is 0.111. The lowest BCUT2D eigenvalue weighted by Gasteiger charge is -2.05. The Kier molecular flexibility index (Phi) is 4.66. The van der Waals surface area contributed by atoms with Crippen LogP contribution in [-0.4, -0.2) is 27.6 Å². The third kappa shape index (κ3) is 3.86. The summed E-state index contributed by atoms with van der Waals surface area (Å²) in [5.74, 6) is -1.43. The number of guanidine groups is 1. The van der Waals surface area contributed by atoms with Crippen LogP contribution in [-0.2, 0) is 16.7 Å². The van der Waals surface area contributed by atoms with E-state index in [-0.39, 0.29) is 5.96 Å². The van der Waals surface area contributed by atoms with E-state index in [2.05, 4.69) is 20.4 Å². The molecule has 1 aromatic heterocycles. The van der Waals surface area contributed by atoms with Crippen molar-refractivity contribution in [1.29, 1.82) is 0 Å². The zero-order valence-corrected chi connectivity index (χ0v) is 14.3. The number of rotatable bonds is 2. The maximum Gasteiger partial charge on any atom is 0.329 e. The SMILES string of the molecule is CC(=O)ONC(N)=NC(=O)c1ccc2cc(-c3cnn(C)c3)ccc2c1. The maximum absolute atomic E-state index is 12.2. The van der Waals surface area contributed by atoms with E-state index >= 15 is 0 Å². The minimum absolute atomic E-state index is 0.294. The number of nitrogens with one attached hydrogen (secondary N) is 1. The summed E-state index contributed by atoms with van der Waals surface area (Å²) in [5, 5.41) is 6.05. The van der Waals surface area contributed by atoms with E-state index in [1.54, 1.807) is 23.0 Å². The van der Waals surface area contributed by atoms with E-state index in [0.717, 1.165) is 21.9 Å². The average Bonchev–Trinajstić information content (AvgIpc) is 3.05. The number of aliphatic imine (C=N–C) groups is 1. The highest BCUT2D eigenvalue weighted by Crippen LogP contribution is 2.25. The number of aromatic nitrogens is 2. The molecule has 2 aromatic carbocycles. The van der Waals surface area contributed by atoms with Gasteiger partial charge in [0.1, 0.15) is 0 Å². The monoisotopic (exact) mass is 351 g/mol. The second-order valence-electron chi connectivity index (χ2n) is 5.68. The predicted molar refractivity (Wildman–Crippen MR) is 97.0 cm³/mol. The summed E-state index contributed by atoms with van der Waals surface area (Å²) in [6.07, 6.45) is 3.74. The summed E-state index contributed by atoms with van der Waals surface area (Å²) in [4.78, 5) is 31.0. The first-order valence-corrected chi connectivity index (χ1v) is 7.77. The van der Waals surface area contributed by atoms with Crippen molar-refractivity contribution in [1.82, 2.24) is 15.3 Å². The van der Waals surface area contributed by atoms with Crippen molar-refractivity contribution in [3.05, 3.63) is 54.4 Å². The lowest BCUT2D eigenvalue weighted by atomic mass is 10.0. The van der Waals surface area contributed by atoms with Crippen LogP contribution in [0.15, 0.2) is 53.8 Å². The largest absolute Gasteiger partial charge is 0.367 e. The van der Waals surface area contributed by atoms with Crippen LogP contribution in [0.4, 0.5) is 0 Å². The van der Waals surface area contributed by atoms with Crippen molar-refractivity contribution < 1.29 is 14.4 Å². The quantitative estimate of drug-likeness (QED) is 0.413. The molecule has 0 aliphatic heterocycles. The van der Waals surface area contributed by atoms with Gasteiger partial charge in [-0.25, -0.2) is 0 Å². The summed E-state index contributed by atoms with van der Waals surface area (Å²) in [6, 6.07) is 11.2. The van der Waals surface area contributed by atoms with E-state index in [0.29, 0.717) is 5.56 Å². The molecule has 0 saturated heterocycles. The van der Waals surface area contributed by atoms with Crippen molar-refractivity contribution in [3.63, 3.8) is 0 Å². The van der Waals surface area contributed by atoms with Gasteiger partial charge in [0, 0.05) is 31.3 Å². The fourth-order valence-corrected chi connectivity index (χ4v) is 2.45. The van der Waals surface area contributed by atoms with E-state index in [1.165, 1.54) is 6.92 Å². The topological polar surface area (TPSA) is 112 Å². The molecule has 0 aliphatic rings. The van der Waals surface area contributed by atoms with E-state index in [4.69, 9.17) is 5.73 Å². The number of carbonyl (C=O) groups is 2. The van der Waals surface area contributed by atoms with Crippen LogP contribution in [0.25, 0.3) is 21.9 Å². The second-order valence-corrected chi connectivity index (χ2v) is 5.68. The Bertz CT molecular complexity index is 1020. The Morgan fingerprint density at radius 3 is 2.58 bits per heavy atom. The summed E-state index contributed by atoms with van der Waals surface area (Å²) in [5.41, 5.74) is 10.0. The molecule has 26 heavy (non-hydrogen) atoms. The van der Waals surface area contributed by atoms with Crippen molar-refractivity contribution in [2.45, 2.75) is 6.92 Å². The predicted octanol–water partition coefficient (Wildman–Crippen LogP) is 1.76. The average molecular weight is 351 g/mol. The summed E-state index contributed by atoms with van der Waals surface area (Å²) in [6.45, 7) is 1.20. The molecule has 1 amide bonds. The zero-order chi connectivity index (χ0) is 18.7. The third-order valence-electron chi connectivity index (χ3n) is 3.65. The maximum atomic E-state index is 12.2. The van der Waals surface area contributed by atoms with Crippen LogP contribution in [0, 0.1) is 0 Å². The number of carbonyl (C=O) groups excluding carboxylic acids is 2. The van der Waals surface area contributed by atoms with Gasteiger partial charge in [-0.2, -0.15) is 15.6 Å². The zero-order valence-electron chi connectivity index (χ0n) is 14.3. The first-order chi connectivity index (χ1) is 12.4. The first kappa shape index (κ1) is 17.2. The number of fused-ring (bicyclic) bond motifs is 1. The van der Waals surface area contributed by atoms with Crippen LogP contribution in [0.3, 0.4) is 0 Å². The number of hydrogen-bond donors (Lipinski definition) is 2. The molecule has 0 spiro atoms. The molecule has 0 radical (unpaired) electrons. The second kappa shape index (κ2) is 7.06. The molecule has 0 aliphatic carbocycles. The van der Waals surface area contributed by atoms with Gasteiger partial charge in [0.2, 0.25) is 5.96 Å². The molecule has 3 rings (SSSR count). The van der Waals surface area contributed by atoms with Crippen LogP contribution in [0.2, 0.25) is 0 Å². The van der Waals surface area contributed by atoms with Gasteiger partial charge in [-0.3, -0.25) is 14.3 Å². The van der Waals surface area contributed by atoms with Crippen molar-refractivity contribution in [2.75, 3.05) is 0 Å². The van der Waals surface area contributed by atoms with Crippen LogP contribution in [0.5, 0.6) is 0 Å². The third-order valence-corrected chi connectivity index (χ3v) is 3.65. The number of benzene rings is 2. The molecule has 1 heterocycles. The highest BCUT2D eigenvalue weighted by Gasteiger charge is 2.08. The summed E-state index contributed by atoms with van der Waals surface area (Å²) < 4.78 is 1.74. The number of aryl methyl sites for hydroxylation is 1. The van der Waals surface area contributed by atoms with Gasteiger partial charge in [0.05, 0.1) is 6.20 Å². The molecular weight excluding hydrogens is 334 g/mol. The molecule has 8 heteroatoms. The Hall–Kier alpha value is -3.68. The molecule has 3 aromatic rings. The number of nitrogens with zero attached hydrogens (tertiary/aromatic N) is 3. The van der Waals surface area contributed by atoms with Gasteiger partial charge < -0.3 is 10.6 Å². The number of nitrogens with two attached hydrogens (primary N) is 1. The Morgan fingerprint density at radius 1 is 1.15 bits per heavy atom. The number of hydroxylamine groups is 1. The van der Waals surface area contributed by atoms with E-state index in [1.807, 2.05) is 37.5 Å². The Balaban J connectivity index is 1.84. The first-order valence-electron chi connectivity index (χ1n) is 7.77. The Labute approximate surface area is 149 Å². The van der Waals surface area contributed by atoms with Gasteiger partial charge in [0.25, 0.3) is 5.91 Å². The molecule has 0 bridgehead atoms. The van der Waals surface area contributed by atoms with E-state index in [9.17, 15) is 9.59 Å². The van der Waals surface area contributed by atoms with Crippen molar-refractivity contribution in [2.24, 2.45) is 17.8 Å². The summed E-state index contributed by atoms with van der Waals surface area (Å²) >= 11 is 0. The van der Waals surface area contributed by atoms with Gasteiger partial charge in [-0.15, -0.1) is 0 Å². The fourth-order valence-electron chi connectivity index (χ4n) is 2.45. The number of hydrogen-bond acceptors (Lipinski definition) is 4. The van der Waals surface area contributed by atoms with Gasteiger partial charge in [-0.05, 0) is 34.5 Å². The Morgan fingerprint density at radius 2 is 1.88 bits per heavy atom. The van der Waals surface area contributed by atoms with E-state index < -0.39 is 11.9 Å². The minimum Gasteiger partial charge on any atom is -0.367 e. The molecule has 0 atom stereocenters. The molecule has 3 N–H and O–H groups in total. The molecule has 8 nitrogen and oxygen atoms in total. The standard InChI is InChI=1S/C18H17N5O3/c1-11(24)26-22-18(19)21-17(25)15-6-5-12-7-14(4-3-13(12)8-15)16-9-20-23(2)10-16/h3-10H,1-2H3,(H3,19,21,22,25). The molecular formula is C18H17N5O3. The number of amides is 1. The van der Waals surface area contributed by atoms with Crippen molar-refractivity contribution >= 4 is 28.6 Å². The molecule has 0 unspecified atom stereocenters. The van der Waals surface area contributed by atoms with Gasteiger partial charge in [-0.1, -0.05) is 18.2 Å². The van der Waals surface area contributed by atoms with Crippen molar-refractivity contribution in [3.8, 4) is 11.1 Å². The van der Waals surface area contributed by atoms with Crippen LogP contribution >= 0.6 is 0 Å².